The molecule has 0 aromatic carbocycles. The maximum atomic E-state index is 13.4. The van der Waals surface area contributed by atoms with Crippen LogP contribution >= 0.6 is 0 Å². The number of carbonyl (C=O) groups is 1. The van der Waals surface area contributed by atoms with E-state index in [-0.39, 0.29) is 5.92 Å². The van der Waals surface area contributed by atoms with Crippen LogP contribution in [0.3, 0.4) is 0 Å². The van der Waals surface area contributed by atoms with Crippen molar-refractivity contribution in [3.8, 4) is 0 Å². The quantitative estimate of drug-likeness (QED) is 0.717. The van der Waals surface area contributed by atoms with Gasteiger partial charge in [0.15, 0.2) is 0 Å². The smallest absolute Gasteiger partial charge is 0.320 e. The van der Waals surface area contributed by atoms with Gasteiger partial charge in [0.1, 0.15) is 6.04 Å². The van der Waals surface area contributed by atoms with Crippen LogP contribution in [0.1, 0.15) is 26.2 Å². The maximum Gasteiger partial charge on any atom is 0.320 e. The highest BCUT2D eigenvalue weighted by atomic mass is 19.3. The van der Waals surface area contributed by atoms with Crippen LogP contribution in [-0.4, -0.2) is 23.0 Å². The summed E-state index contributed by atoms with van der Waals surface area (Å²) >= 11 is 0. The number of alkyl halides is 2. The predicted molar refractivity (Wildman–Crippen MR) is 47.1 cm³/mol. The molecule has 0 bridgehead atoms. The molecule has 0 amide bonds. The second kappa shape index (κ2) is 3.81. The Kier molecular flexibility index (Phi) is 3.09. The minimum atomic E-state index is -2.96. The molecule has 3 nitrogen and oxygen atoms in total. The van der Waals surface area contributed by atoms with Gasteiger partial charge in [0.2, 0.25) is 0 Å². The van der Waals surface area contributed by atoms with Crippen LogP contribution < -0.4 is 5.73 Å². The lowest BCUT2D eigenvalue weighted by Crippen LogP contribution is -2.40. The Balaban J connectivity index is 2.50. The Bertz CT molecular complexity index is 229. The molecule has 1 rings (SSSR count). The normalized spacial score (nSPS) is 21.7. The maximum absolute atomic E-state index is 13.4. The van der Waals surface area contributed by atoms with Crippen LogP contribution in [0, 0.1) is 11.8 Å². The van der Waals surface area contributed by atoms with Gasteiger partial charge in [0.05, 0.1) is 0 Å². The Labute approximate surface area is 81.3 Å². The summed E-state index contributed by atoms with van der Waals surface area (Å²) in [4.78, 5) is 10.3. The lowest BCUT2D eigenvalue weighted by molar-refractivity contribution is -0.143. The van der Waals surface area contributed by atoms with E-state index in [0.29, 0.717) is 0 Å². The van der Waals surface area contributed by atoms with Gasteiger partial charge in [0, 0.05) is 12.3 Å². The van der Waals surface area contributed by atoms with E-state index in [1.165, 1.54) is 6.92 Å². The average molecular weight is 207 g/mol. The molecule has 14 heavy (non-hydrogen) atoms. The van der Waals surface area contributed by atoms with Crippen molar-refractivity contribution in [3.05, 3.63) is 0 Å². The van der Waals surface area contributed by atoms with Gasteiger partial charge in [-0.1, -0.05) is 6.92 Å². The summed E-state index contributed by atoms with van der Waals surface area (Å²) in [5, 5.41) is 8.42. The van der Waals surface area contributed by atoms with Gasteiger partial charge in [-0.05, 0) is 18.8 Å². The summed E-state index contributed by atoms with van der Waals surface area (Å²) in [7, 11) is 0. The molecule has 1 aliphatic carbocycles. The van der Waals surface area contributed by atoms with Crippen LogP contribution in [0.15, 0.2) is 0 Å². The molecule has 2 unspecified atom stereocenters. The Morgan fingerprint density at radius 1 is 1.64 bits per heavy atom. The summed E-state index contributed by atoms with van der Waals surface area (Å²) in [5.41, 5.74) is 5.08. The zero-order chi connectivity index (χ0) is 10.9. The van der Waals surface area contributed by atoms with Crippen LogP contribution in [0.2, 0.25) is 0 Å². The van der Waals surface area contributed by atoms with Gasteiger partial charge >= 0.3 is 5.97 Å². The van der Waals surface area contributed by atoms with Crippen molar-refractivity contribution in [3.63, 3.8) is 0 Å². The summed E-state index contributed by atoms with van der Waals surface area (Å²) in [6.45, 7) is 1.46. The van der Waals surface area contributed by atoms with E-state index in [0.717, 1.165) is 12.8 Å². The van der Waals surface area contributed by atoms with Crippen LogP contribution in [-0.2, 0) is 4.79 Å². The number of carboxylic acid groups (broad SMARTS) is 1. The van der Waals surface area contributed by atoms with Crippen molar-refractivity contribution in [1.29, 1.82) is 0 Å². The molecular weight excluding hydrogens is 192 g/mol. The minimum absolute atomic E-state index is 0.0472. The van der Waals surface area contributed by atoms with Crippen LogP contribution in [0.25, 0.3) is 0 Å². The largest absolute Gasteiger partial charge is 0.480 e. The first kappa shape index (κ1) is 11.4. The molecule has 5 heteroatoms. The molecule has 0 spiro atoms. The molecule has 0 radical (unpaired) electrons. The average Bonchev–Trinajstić information content (AvgIpc) is 2.84. The highest BCUT2D eigenvalue weighted by Gasteiger charge is 2.46. The van der Waals surface area contributed by atoms with Crippen molar-refractivity contribution in [2.75, 3.05) is 0 Å². The fourth-order valence-electron chi connectivity index (χ4n) is 1.51. The highest BCUT2D eigenvalue weighted by Crippen LogP contribution is 2.45. The van der Waals surface area contributed by atoms with Gasteiger partial charge in [-0.3, -0.25) is 4.79 Å². The van der Waals surface area contributed by atoms with E-state index < -0.39 is 30.3 Å². The first-order valence-electron chi connectivity index (χ1n) is 4.71. The molecule has 0 aliphatic heterocycles. The van der Waals surface area contributed by atoms with Crippen LogP contribution in [0.5, 0.6) is 0 Å². The van der Waals surface area contributed by atoms with Crippen LogP contribution in [0.4, 0.5) is 8.78 Å². The second-order valence-electron chi connectivity index (χ2n) is 4.04. The number of halogens is 2. The zero-order valence-electron chi connectivity index (χ0n) is 8.04. The highest BCUT2D eigenvalue weighted by molar-refractivity contribution is 5.73. The molecule has 0 aromatic heterocycles. The van der Waals surface area contributed by atoms with Crippen molar-refractivity contribution < 1.29 is 18.7 Å². The number of nitrogens with two attached hydrogens (primary N) is 1. The lowest BCUT2D eigenvalue weighted by Gasteiger charge is -2.24. The number of hydrogen-bond acceptors (Lipinski definition) is 2. The first-order chi connectivity index (χ1) is 6.34. The molecule has 0 saturated heterocycles. The molecule has 3 N–H and O–H groups in total. The second-order valence-corrected chi connectivity index (χ2v) is 4.04. The monoisotopic (exact) mass is 207 g/mol. The van der Waals surface area contributed by atoms with Crippen molar-refractivity contribution in [2.45, 2.75) is 38.2 Å². The molecule has 82 valence electrons. The Hall–Kier alpha value is -0.710. The van der Waals surface area contributed by atoms with Gasteiger partial charge in [-0.2, -0.15) is 0 Å². The van der Waals surface area contributed by atoms with Gasteiger partial charge in [0.25, 0.3) is 5.92 Å². The number of rotatable bonds is 5. The summed E-state index contributed by atoms with van der Waals surface area (Å²) < 4.78 is 26.8. The number of hydrogen-bond donors (Lipinski definition) is 2. The van der Waals surface area contributed by atoms with E-state index in [2.05, 4.69) is 0 Å². The van der Waals surface area contributed by atoms with E-state index in [1.54, 1.807) is 0 Å². The zero-order valence-corrected chi connectivity index (χ0v) is 8.04. The van der Waals surface area contributed by atoms with E-state index in [9.17, 15) is 13.6 Å². The molecule has 1 saturated carbocycles. The fraction of sp³-hybridized carbons (Fsp3) is 0.889. The van der Waals surface area contributed by atoms with Crippen molar-refractivity contribution in [1.82, 2.24) is 0 Å². The molecule has 0 heterocycles. The number of aliphatic carboxylic acids is 1. The summed E-state index contributed by atoms with van der Waals surface area (Å²) in [6, 6.07) is -1.47. The number of carboxylic acids is 1. The van der Waals surface area contributed by atoms with Gasteiger partial charge in [-0.25, -0.2) is 8.78 Å². The molecule has 1 aliphatic rings. The Morgan fingerprint density at radius 2 is 2.14 bits per heavy atom. The lowest BCUT2D eigenvalue weighted by atomic mass is 9.93. The molecular formula is C9H15F2NO2. The van der Waals surface area contributed by atoms with Gasteiger partial charge in [-0.15, -0.1) is 0 Å². The van der Waals surface area contributed by atoms with Crippen molar-refractivity contribution in [2.24, 2.45) is 17.6 Å². The third-order valence-corrected chi connectivity index (χ3v) is 2.80. The third-order valence-electron chi connectivity index (χ3n) is 2.80. The van der Waals surface area contributed by atoms with Gasteiger partial charge < -0.3 is 10.8 Å². The van der Waals surface area contributed by atoms with E-state index >= 15 is 0 Å². The summed E-state index contributed by atoms with van der Waals surface area (Å²) in [6.07, 6.45) is 0.873. The molecule has 0 aromatic rings. The third kappa shape index (κ3) is 2.64. The van der Waals surface area contributed by atoms with E-state index in [4.69, 9.17) is 10.8 Å². The SMILES string of the molecule is CC(C1CC1)C(F)(F)CC(N)C(=O)O. The minimum Gasteiger partial charge on any atom is -0.480 e. The van der Waals surface area contributed by atoms with E-state index in [1.807, 2.05) is 0 Å². The Morgan fingerprint density at radius 3 is 2.50 bits per heavy atom. The summed E-state index contributed by atoms with van der Waals surface area (Å²) in [5.74, 6) is -5.04. The predicted octanol–water partition coefficient (Wildman–Crippen LogP) is 1.47. The molecule has 1 fully saturated rings. The first-order valence-corrected chi connectivity index (χ1v) is 4.71. The fourth-order valence-corrected chi connectivity index (χ4v) is 1.51. The standard InChI is InChI=1S/C9H15F2NO2/c1-5(6-2-3-6)9(10,11)4-7(12)8(13)14/h5-7H,2-4,12H2,1H3,(H,13,14). The molecule has 2 atom stereocenters. The topological polar surface area (TPSA) is 63.3 Å². The van der Waals surface area contributed by atoms with Crippen molar-refractivity contribution >= 4 is 5.97 Å².